The number of amidine groups is 1. The highest BCUT2D eigenvalue weighted by molar-refractivity contribution is 5.96. The van der Waals surface area contributed by atoms with E-state index in [1.807, 2.05) is 74.6 Å². The first kappa shape index (κ1) is 26.4. The molecule has 1 fully saturated rings. The van der Waals surface area contributed by atoms with Crippen LogP contribution in [0.3, 0.4) is 0 Å². The van der Waals surface area contributed by atoms with Crippen LogP contribution < -0.4 is 16.4 Å². The van der Waals surface area contributed by atoms with Gasteiger partial charge in [-0.15, -0.1) is 0 Å². The molecule has 1 saturated heterocycles. The Morgan fingerprint density at radius 1 is 1.03 bits per heavy atom. The number of amides is 1. The lowest BCUT2D eigenvalue weighted by atomic mass is 10.0. The molecule has 8 nitrogen and oxygen atoms in total. The molecule has 0 aliphatic carbocycles. The smallest absolute Gasteiger partial charge is 0.241 e. The molecule has 1 aliphatic heterocycles. The third-order valence-electron chi connectivity index (χ3n) is 7.74. The summed E-state index contributed by atoms with van der Waals surface area (Å²) >= 11 is 0. The summed E-state index contributed by atoms with van der Waals surface area (Å²) in [4.78, 5) is 20.2. The summed E-state index contributed by atoms with van der Waals surface area (Å²) in [5.74, 6) is 1.08. The van der Waals surface area contributed by atoms with E-state index < -0.39 is 0 Å². The van der Waals surface area contributed by atoms with Gasteiger partial charge in [-0.2, -0.15) is 0 Å². The van der Waals surface area contributed by atoms with Gasteiger partial charge in [0.2, 0.25) is 5.91 Å². The largest absolute Gasteiger partial charge is 0.384 e. The van der Waals surface area contributed by atoms with Gasteiger partial charge in [0, 0.05) is 49.5 Å². The first-order valence-electron chi connectivity index (χ1n) is 13.6. The minimum absolute atomic E-state index is 0.00832. The molecule has 3 aromatic carbocycles. The fourth-order valence-corrected chi connectivity index (χ4v) is 5.27. The number of rotatable bonds is 9. The number of benzene rings is 3. The van der Waals surface area contributed by atoms with Crippen molar-refractivity contribution in [2.24, 2.45) is 12.8 Å². The number of anilines is 2. The number of carbonyl (C=O) groups excluding carboxylic acids is 1. The molecule has 202 valence electrons. The highest BCUT2D eigenvalue weighted by Gasteiger charge is 2.26. The van der Waals surface area contributed by atoms with Gasteiger partial charge in [-0.05, 0) is 62.1 Å². The van der Waals surface area contributed by atoms with Gasteiger partial charge in [0.1, 0.15) is 11.7 Å². The second kappa shape index (κ2) is 11.7. The van der Waals surface area contributed by atoms with E-state index in [-0.39, 0.29) is 17.8 Å². The lowest BCUT2D eigenvalue weighted by molar-refractivity contribution is -0.121. The summed E-state index contributed by atoms with van der Waals surface area (Å²) in [6, 6.07) is 24.3. The summed E-state index contributed by atoms with van der Waals surface area (Å²) in [5.41, 5.74) is 11.3. The molecule has 5 N–H and O–H groups in total. The summed E-state index contributed by atoms with van der Waals surface area (Å²) in [5, 5.41) is 14.3. The van der Waals surface area contributed by atoms with Gasteiger partial charge in [-0.1, -0.05) is 42.5 Å². The molecule has 1 amide bonds. The van der Waals surface area contributed by atoms with Crippen molar-refractivity contribution >= 4 is 34.2 Å². The number of likely N-dealkylation sites (tertiary alicyclic amines) is 1. The van der Waals surface area contributed by atoms with Crippen molar-refractivity contribution in [2.75, 3.05) is 23.7 Å². The molecule has 0 spiro atoms. The predicted octanol–water partition coefficient (Wildman–Crippen LogP) is 4.55. The number of hydrogen-bond acceptors (Lipinski definition) is 5. The first-order chi connectivity index (χ1) is 18.9. The average molecular weight is 524 g/mol. The Hall–Kier alpha value is -4.17. The van der Waals surface area contributed by atoms with Gasteiger partial charge in [0.15, 0.2) is 0 Å². The fourth-order valence-electron chi connectivity index (χ4n) is 5.27. The van der Waals surface area contributed by atoms with Gasteiger partial charge in [0.25, 0.3) is 0 Å². The van der Waals surface area contributed by atoms with Crippen LogP contribution in [0.15, 0.2) is 72.8 Å². The topological polar surface area (TPSA) is 112 Å². The zero-order chi connectivity index (χ0) is 27.4. The number of fused-ring (bicyclic) bond motifs is 1. The average Bonchev–Trinajstić information content (AvgIpc) is 3.27. The number of hydrogen-bond donors (Lipinski definition) is 4. The summed E-state index contributed by atoms with van der Waals surface area (Å²) < 4.78 is 2.11. The number of imidazole rings is 1. The Morgan fingerprint density at radius 3 is 2.44 bits per heavy atom. The highest BCUT2D eigenvalue weighted by Crippen LogP contribution is 2.22. The molecule has 4 aromatic rings. The predicted molar refractivity (Wildman–Crippen MR) is 158 cm³/mol. The molecule has 1 atom stereocenters. The normalized spacial score (nSPS) is 15.2. The van der Waals surface area contributed by atoms with E-state index in [0.29, 0.717) is 6.04 Å². The number of aromatic nitrogens is 2. The lowest BCUT2D eigenvalue weighted by Gasteiger charge is -2.36. The first-order valence-corrected chi connectivity index (χ1v) is 13.6. The van der Waals surface area contributed by atoms with E-state index in [2.05, 4.69) is 32.2 Å². The van der Waals surface area contributed by atoms with Crippen LogP contribution in [-0.4, -0.2) is 51.4 Å². The van der Waals surface area contributed by atoms with E-state index in [0.717, 1.165) is 72.6 Å². The second-order valence-electron chi connectivity index (χ2n) is 10.4. The van der Waals surface area contributed by atoms with Crippen molar-refractivity contribution in [3.8, 4) is 0 Å². The number of nitrogen functional groups attached to an aromatic ring is 1. The van der Waals surface area contributed by atoms with Crippen LogP contribution in [0.2, 0.25) is 0 Å². The SMILES string of the molecule is CC(C(=O)Nc1ccc2c(c1)nc(CCc1ccc(C(=N)N)cc1)n2C)N1CCC(Nc2ccccc2)CC1. The van der Waals surface area contributed by atoms with E-state index in [9.17, 15) is 4.79 Å². The Balaban J connectivity index is 1.16. The lowest BCUT2D eigenvalue weighted by Crippen LogP contribution is -2.48. The van der Waals surface area contributed by atoms with Crippen LogP contribution in [0.25, 0.3) is 11.0 Å². The number of nitrogens with one attached hydrogen (secondary N) is 3. The van der Waals surface area contributed by atoms with Gasteiger partial charge >= 0.3 is 0 Å². The molecule has 1 aliphatic rings. The monoisotopic (exact) mass is 523 g/mol. The van der Waals surface area contributed by atoms with Crippen molar-refractivity contribution in [2.45, 2.75) is 44.7 Å². The van der Waals surface area contributed by atoms with Crippen LogP contribution >= 0.6 is 0 Å². The van der Waals surface area contributed by atoms with Crippen molar-refractivity contribution < 1.29 is 4.79 Å². The minimum atomic E-state index is -0.202. The molecule has 1 aromatic heterocycles. The number of aryl methyl sites for hydroxylation is 3. The van der Waals surface area contributed by atoms with E-state index in [1.54, 1.807) is 0 Å². The summed E-state index contributed by atoms with van der Waals surface area (Å²) in [6.07, 6.45) is 3.65. The maximum Gasteiger partial charge on any atom is 0.241 e. The van der Waals surface area contributed by atoms with Crippen molar-refractivity contribution in [3.63, 3.8) is 0 Å². The Bertz CT molecular complexity index is 1440. The highest BCUT2D eigenvalue weighted by atomic mass is 16.2. The zero-order valence-electron chi connectivity index (χ0n) is 22.7. The number of para-hydroxylation sites is 1. The van der Waals surface area contributed by atoms with Crippen LogP contribution in [0.4, 0.5) is 11.4 Å². The molecular weight excluding hydrogens is 486 g/mol. The Morgan fingerprint density at radius 2 is 1.74 bits per heavy atom. The van der Waals surface area contributed by atoms with Crippen LogP contribution in [0.5, 0.6) is 0 Å². The molecule has 0 radical (unpaired) electrons. The van der Waals surface area contributed by atoms with E-state index >= 15 is 0 Å². The summed E-state index contributed by atoms with van der Waals surface area (Å²) in [6.45, 7) is 3.76. The molecule has 39 heavy (non-hydrogen) atoms. The molecule has 1 unspecified atom stereocenters. The van der Waals surface area contributed by atoms with Crippen LogP contribution in [0, 0.1) is 5.41 Å². The Labute approximate surface area is 229 Å². The van der Waals surface area contributed by atoms with Crippen molar-refractivity contribution in [3.05, 3.63) is 89.7 Å². The van der Waals surface area contributed by atoms with E-state index in [4.69, 9.17) is 16.1 Å². The molecule has 5 rings (SSSR count). The molecule has 8 heteroatoms. The summed E-state index contributed by atoms with van der Waals surface area (Å²) in [7, 11) is 2.03. The number of nitrogens with two attached hydrogens (primary N) is 1. The van der Waals surface area contributed by atoms with Gasteiger partial charge in [-0.25, -0.2) is 4.98 Å². The number of piperidine rings is 1. The number of nitrogens with zero attached hydrogens (tertiary/aromatic N) is 3. The third kappa shape index (κ3) is 6.29. The molecule has 0 bridgehead atoms. The second-order valence-corrected chi connectivity index (χ2v) is 10.4. The maximum atomic E-state index is 13.1. The van der Waals surface area contributed by atoms with E-state index in [1.165, 1.54) is 5.56 Å². The van der Waals surface area contributed by atoms with Crippen molar-refractivity contribution in [1.29, 1.82) is 5.41 Å². The van der Waals surface area contributed by atoms with Crippen LogP contribution in [-0.2, 0) is 24.7 Å². The van der Waals surface area contributed by atoms with Crippen molar-refractivity contribution in [1.82, 2.24) is 14.5 Å². The van der Waals surface area contributed by atoms with Crippen LogP contribution in [0.1, 0.15) is 36.7 Å². The van der Waals surface area contributed by atoms with Gasteiger partial charge in [0.05, 0.1) is 17.1 Å². The minimum Gasteiger partial charge on any atom is -0.384 e. The fraction of sp³-hybridized carbons (Fsp3) is 0.323. The Kier molecular flexibility index (Phi) is 7.93. The quantitative estimate of drug-likeness (QED) is 0.190. The van der Waals surface area contributed by atoms with Gasteiger partial charge < -0.3 is 20.9 Å². The standard InChI is InChI=1S/C31H37N7O/c1-21(38-18-16-25(17-19-38)34-24-6-4-3-5-7-24)31(39)35-26-13-14-28-27(20-26)36-29(37(28)2)15-10-22-8-11-23(12-9-22)30(32)33/h3-9,11-14,20-21,25,34H,10,15-19H2,1-2H3,(H3,32,33)(H,35,39). The van der Waals surface area contributed by atoms with Gasteiger partial charge in [-0.3, -0.25) is 15.1 Å². The molecular formula is C31H37N7O. The maximum absolute atomic E-state index is 13.1. The molecule has 0 saturated carbocycles. The zero-order valence-corrected chi connectivity index (χ0v) is 22.7. The third-order valence-corrected chi connectivity index (χ3v) is 7.74. The number of carbonyl (C=O) groups is 1. The molecule has 2 heterocycles.